The van der Waals surface area contributed by atoms with Crippen LogP contribution in [0.2, 0.25) is 0 Å². The molecule has 0 radical (unpaired) electrons. The van der Waals surface area contributed by atoms with Crippen molar-refractivity contribution in [3.05, 3.63) is 36.1 Å². The Morgan fingerprint density at radius 2 is 2.04 bits per heavy atom. The molecule has 1 unspecified atom stereocenters. The van der Waals surface area contributed by atoms with Crippen LogP contribution in [0.4, 0.5) is 10.3 Å². The summed E-state index contributed by atoms with van der Waals surface area (Å²) in [5.41, 5.74) is 2.21. The maximum Gasteiger partial charge on any atom is 0.223 e. The summed E-state index contributed by atoms with van der Waals surface area (Å²) in [4.78, 5) is 15.8. The highest BCUT2D eigenvalue weighted by atomic mass is 32.1. The number of fused-ring (bicyclic) bond motifs is 1. The third kappa shape index (κ3) is 3.42. The molecule has 0 saturated carbocycles. The van der Waals surface area contributed by atoms with Crippen LogP contribution >= 0.6 is 11.3 Å². The Morgan fingerprint density at radius 1 is 1.23 bits per heavy atom. The van der Waals surface area contributed by atoms with E-state index in [0.717, 1.165) is 42.3 Å². The van der Waals surface area contributed by atoms with Crippen LogP contribution in [0.1, 0.15) is 25.5 Å². The number of carbonyl (C=O) groups excluding carboxylic acids is 1. The third-order valence-corrected chi connectivity index (χ3v) is 5.69. The predicted molar refractivity (Wildman–Crippen MR) is 103 cm³/mol. The van der Waals surface area contributed by atoms with Crippen LogP contribution in [0, 0.1) is 0 Å². The van der Waals surface area contributed by atoms with Crippen molar-refractivity contribution < 1.29 is 9.21 Å². The van der Waals surface area contributed by atoms with Gasteiger partial charge in [0, 0.05) is 44.5 Å². The molecule has 1 fully saturated rings. The molecule has 3 aromatic rings. The maximum absolute atomic E-state index is 11.1. The molecule has 4 rings (SSSR count). The summed E-state index contributed by atoms with van der Waals surface area (Å²) in [5, 5.41) is 13.5. The number of anilines is 2. The van der Waals surface area contributed by atoms with Gasteiger partial charge in [-0.2, -0.15) is 0 Å². The quantitative estimate of drug-likeness (QED) is 0.759. The zero-order valence-electron chi connectivity index (χ0n) is 14.8. The molecular formula is C18H21N5O2S. The summed E-state index contributed by atoms with van der Waals surface area (Å²) in [6.07, 6.45) is 1.73. The van der Waals surface area contributed by atoms with Gasteiger partial charge in [0.05, 0.1) is 6.26 Å². The van der Waals surface area contributed by atoms with Crippen molar-refractivity contribution in [3.8, 4) is 0 Å². The summed E-state index contributed by atoms with van der Waals surface area (Å²) >= 11 is 1.42. The first-order valence-electron chi connectivity index (χ1n) is 8.67. The Kier molecular flexibility index (Phi) is 4.60. The molecule has 1 N–H and O–H groups in total. The Morgan fingerprint density at radius 3 is 2.81 bits per heavy atom. The summed E-state index contributed by atoms with van der Waals surface area (Å²) in [7, 11) is 0. The van der Waals surface area contributed by atoms with E-state index in [1.807, 2.05) is 6.07 Å². The summed E-state index contributed by atoms with van der Waals surface area (Å²) in [5.74, 6) is -0.125. The molecule has 1 atom stereocenters. The van der Waals surface area contributed by atoms with Crippen LogP contribution in [-0.4, -0.2) is 47.2 Å². The lowest BCUT2D eigenvalue weighted by molar-refractivity contribution is -0.114. The van der Waals surface area contributed by atoms with Crippen LogP contribution in [0.15, 0.2) is 34.9 Å². The van der Waals surface area contributed by atoms with Gasteiger partial charge in [-0.25, -0.2) is 0 Å². The monoisotopic (exact) mass is 371 g/mol. The molecule has 7 nitrogen and oxygen atoms in total. The lowest BCUT2D eigenvalue weighted by Gasteiger charge is -2.37. The number of hydrogen-bond acceptors (Lipinski definition) is 7. The zero-order valence-corrected chi connectivity index (χ0v) is 15.6. The Balaban J connectivity index is 1.39. The number of nitrogens with one attached hydrogen (secondary N) is 1. The fourth-order valence-corrected chi connectivity index (χ4v) is 4.13. The standard InChI is InChI=1S/C18H21N5O2S/c1-12(15-4-3-14-5-10-25-16(14)11-15)22-6-8-23(9-7-22)18-21-20-17(26-18)19-13(2)24/h3-5,10-12H,6-9H2,1-2H3,(H,19,20,24). The van der Waals surface area contributed by atoms with Gasteiger partial charge in [0.2, 0.25) is 16.2 Å². The summed E-state index contributed by atoms with van der Waals surface area (Å²) in [6, 6.07) is 8.75. The largest absolute Gasteiger partial charge is 0.464 e. The molecule has 1 saturated heterocycles. The average Bonchev–Trinajstić information content (AvgIpc) is 3.29. The SMILES string of the molecule is CC(=O)Nc1nnc(N2CCN(C(C)c3ccc4ccoc4c3)CC2)s1. The van der Waals surface area contributed by atoms with Gasteiger partial charge in [0.15, 0.2) is 0 Å². The van der Waals surface area contributed by atoms with E-state index in [4.69, 9.17) is 4.42 Å². The molecule has 0 bridgehead atoms. The molecule has 1 amide bonds. The van der Waals surface area contributed by atoms with Crippen LogP contribution < -0.4 is 10.2 Å². The molecule has 0 aliphatic carbocycles. The molecule has 1 aliphatic rings. The van der Waals surface area contributed by atoms with Crippen molar-refractivity contribution in [1.82, 2.24) is 15.1 Å². The highest BCUT2D eigenvalue weighted by Crippen LogP contribution is 2.29. The lowest BCUT2D eigenvalue weighted by Crippen LogP contribution is -2.47. The second-order valence-corrected chi connectivity index (χ2v) is 7.44. The van der Waals surface area contributed by atoms with Crippen molar-refractivity contribution in [2.45, 2.75) is 19.9 Å². The first-order valence-corrected chi connectivity index (χ1v) is 9.49. The van der Waals surface area contributed by atoms with E-state index >= 15 is 0 Å². The maximum atomic E-state index is 11.1. The van der Waals surface area contributed by atoms with Gasteiger partial charge in [0.25, 0.3) is 0 Å². The number of rotatable bonds is 4. The smallest absolute Gasteiger partial charge is 0.223 e. The number of amides is 1. The van der Waals surface area contributed by atoms with E-state index in [2.05, 4.69) is 50.4 Å². The van der Waals surface area contributed by atoms with E-state index in [-0.39, 0.29) is 5.91 Å². The summed E-state index contributed by atoms with van der Waals surface area (Å²) < 4.78 is 5.53. The molecule has 0 spiro atoms. The van der Waals surface area contributed by atoms with Crippen molar-refractivity contribution in [2.24, 2.45) is 0 Å². The van der Waals surface area contributed by atoms with Gasteiger partial charge in [-0.1, -0.05) is 23.5 Å². The third-order valence-electron chi connectivity index (χ3n) is 4.79. The molecule has 26 heavy (non-hydrogen) atoms. The van der Waals surface area contributed by atoms with E-state index in [1.165, 1.54) is 23.8 Å². The van der Waals surface area contributed by atoms with Crippen molar-refractivity contribution in [2.75, 3.05) is 36.4 Å². The molecular weight excluding hydrogens is 350 g/mol. The molecule has 1 aliphatic heterocycles. The Bertz CT molecular complexity index is 913. The number of aromatic nitrogens is 2. The number of piperazine rings is 1. The van der Waals surface area contributed by atoms with Gasteiger partial charge in [-0.05, 0) is 24.6 Å². The number of hydrogen-bond donors (Lipinski definition) is 1. The van der Waals surface area contributed by atoms with Gasteiger partial charge in [-0.3, -0.25) is 9.69 Å². The van der Waals surface area contributed by atoms with Crippen LogP contribution in [0.3, 0.4) is 0 Å². The molecule has 2 aromatic heterocycles. The van der Waals surface area contributed by atoms with E-state index in [0.29, 0.717) is 11.2 Å². The minimum Gasteiger partial charge on any atom is -0.464 e. The Hall–Kier alpha value is -2.45. The minimum absolute atomic E-state index is 0.125. The molecule has 3 heterocycles. The molecule has 136 valence electrons. The fourth-order valence-electron chi connectivity index (χ4n) is 3.29. The van der Waals surface area contributed by atoms with Gasteiger partial charge < -0.3 is 14.6 Å². The zero-order chi connectivity index (χ0) is 18.1. The van der Waals surface area contributed by atoms with E-state index < -0.39 is 0 Å². The molecule has 1 aromatic carbocycles. The number of nitrogens with zero attached hydrogens (tertiary/aromatic N) is 4. The highest BCUT2D eigenvalue weighted by Gasteiger charge is 2.24. The number of carbonyl (C=O) groups is 1. The van der Waals surface area contributed by atoms with E-state index in [9.17, 15) is 4.79 Å². The van der Waals surface area contributed by atoms with Crippen LogP contribution in [0.25, 0.3) is 11.0 Å². The highest BCUT2D eigenvalue weighted by molar-refractivity contribution is 7.19. The molecule has 8 heteroatoms. The lowest BCUT2D eigenvalue weighted by atomic mass is 10.0. The van der Waals surface area contributed by atoms with Crippen LogP contribution in [-0.2, 0) is 4.79 Å². The fraction of sp³-hybridized carbons (Fsp3) is 0.389. The second-order valence-electron chi connectivity index (χ2n) is 6.49. The van der Waals surface area contributed by atoms with Gasteiger partial charge in [-0.15, -0.1) is 10.2 Å². The van der Waals surface area contributed by atoms with Crippen molar-refractivity contribution >= 4 is 38.5 Å². The van der Waals surface area contributed by atoms with E-state index in [1.54, 1.807) is 6.26 Å². The number of furan rings is 1. The summed E-state index contributed by atoms with van der Waals surface area (Å²) in [6.45, 7) is 7.39. The first kappa shape index (κ1) is 17.0. The van der Waals surface area contributed by atoms with Crippen molar-refractivity contribution in [1.29, 1.82) is 0 Å². The topological polar surface area (TPSA) is 74.5 Å². The van der Waals surface area contributed by atoms with Gasteiger partial charge >= 0.3 is 0 Å². The van der Waals surface area contributed by atoms with Crippen LogP contribution in [0.5, 0.6) is 0 Å². The minimum atomic E-state index is -0.125. The van der Waals surface area contributed by atoms with Gasteiger partial charge in [0.1, 0.15) is 5.58 Å². The second kappa shape index (κ2) is 7.05. The predicted octanol–water partition coefficient (Wildman–Crippen LogP) is 3.13. The Labute approximate surface area is 155 Å². The van der Waals surface area contributed by atoms with Crippen molar-refractivity contribution in [3.63, 3.8) is 0 Å². The first-order chi connectivity index (χ1) is 12.6. The average molecular weight is 371 g/mol. The normalized spacial score (nSPS) is 16.8. The number of benzene rings is 1.